The van der Waals surface area contributed by atoms with Gasteiger partial charge in [0.15, 0.2) is 0 Å². The van der Waals surface area contributed by atoms with Gasteiger partial charge in [0.2, 0.25) is 0 Å². The number of pyridine rings is 1. The molecule has 2 N–H and O–H groups in total. The molecular weight excluding hydrogens is 232 g/mol. The van der Waals surface area contributed by atoms with Gasteiger partial charge in [-0.15, -0.1) is 0 Å². The number of anilines is 2. The molecule has 0 aliphatic rings. The highest BCUT2D eigenvalue weighted by atomic mass is 16.5. The maximum absolute atomic E-state index is 10.9. The minimum absolute atomic E-state index is 0.129. The van der Waals surface area contributed by atoms with Gasteiger partial charge in [-0.05, 0) is 24.3 Å². The Hall–Kier alpha value is -2.56. The first-order chi connectivity index (χ1) is 8.70. The van der Waals surface area contributed by atoms with Gasteiger partial charge in [0.25, 0.3) is 0 Å². The van der Waals surface area contributed by atoms with E-state index in [0.717, 1.165) is 5.69 Å². The van der Waals surface area contributed by atoms with E-state index < -0.39 is 5.97 Å². The number of carboxylic acid groups (broad SMARTS) is 1. The van der Waals surface area contributed by atoms with Crippen LogP contribution in [0.2, 0.25) is 0 Å². The lowest BCUT2D eigenvalue weighted by atomic mass is 10.2. The van der Waals surface area contributed by atoms with Crippen LogP contribution < -0.4 is 10.1 Å². The van der Waals surface area contributed by atoms with Gasteiger partial charge in [0, 0.05) is 18.0 Å². The summed E-state index contributed by atoms with van der Waals surface area (Å²) < 4.78 is 5.04. The van der Waals surface area contributed by atoms with Crippen molar-refractivity contribution in [3.63, 3.8) is 0 Å². The summed E-state index contributed by atoms with van der Waals surface area (Å²) in [5.74, 6) is -0.0257. The Bertz CT molecular complexity index is 555. The predicted octanol–water partition coefficient (Wildman–Crippen LogP) is 2.53. The van der Waals surface area contributed by atoms with Gasteiger partial charge in [-0.25, -0.2) is 9.78 Å². The fraction of sp³-hybridized carbons (Fsp3) is 0.0769. The monoisotopic (exact) mass is 244 g/mol. The molecule has 2 aromatic rings. The number of benzene rings is 1. The molecule has 0 radical (unpaired) electrons. The molecule has 0 saturated carbocycles. The Morgan fingerprint density at radius 2 is 2.17 bits per heavy atom. The van der Waals surface area contributed by atoms with Gasteiger partial charge in [-0.1, -0.05) is 6.07 Å². The zero-order valence-corrected chi connectivity index (χ0v) is 9.75. The van der Waals surface area contributed by atoms with Crippen LogP contribution in [0.1, 0.15) is 10.4 Å². The molecular formula is C13H12N2O3. The number of aromatic nitrogens is 1. The maximum Gasteiger partial charge on any atom is 0.339 e. The van der Waals surface area contributed by atoms with Gasteiger partial charge in [-0.2, -0.15) is 0 Å². The Labute approximate surface area is 104 Å². The molecule has 0 amide bonds. The number of nitrogens with zero attached hydrogens (tertiary/aromatic N) is 1. The second-order valence-corrected chi connectivity index (χ2v) is 3.56. The first kappa shape index (κ1) is 11.9. The fourth-order valence-corrected chi connectivity index (χ4v) is 1.53. The van der Waals surface area contributed by atoms with Crippen molar-refractivity contribution >= 4 is 17.5 Å². The number of nitrogens with one attached hydrogen (secondary N) is 1. The Balaban J connectivity index is 2.28. The van der Waals surface area contributed by atoms with Crippen molar-refractivity contribution in [1.82, 2.24) is 4.98 Å². The standard InChI is InChI=1S/C13H12N2O3/c1-18-11-8-9(5-6-10(11)13(16)17)15-12-4-2-3-7-14-12/h2-8H,1H3,(H,14,15)(H,16,17). The molecule has 92 valence electrons. The third-order valence-electron chi connectivity index (χ3n) is 2.37. The van der Waals surface area contributed by atoms with Crippen molar-refractivity contribution in [3.05, 3.63) is 48.2 Å². The first-order valence-electron chi connectivity index (χ1n) is 5.30. The maximum atomic E-state index is 10.9. The van der Waals surface area contributed by atoms with Crippen LogP contribution in [0.3, 0.4) is 0 Å². The van der Waals surface area contributed by atoms with Gasteiger partial charge >= 0.3 is 5.97 Å². The van der Waals surface area contributed by atoms with E-state index in [1.165, 1.54) is 13.2 Å². The van der Waals surface area contributed by atoms with E-state index in [0.29, 0.717) is 11.6 Å². The normalized spacial score (nSPS) is 9.83. The quantitative estimate of drug-likeness (QED) is 0.864. The van der Waals surface area contributed by atoms with E-state index in [1.54, 1.807) is 18.3 Å². The number of hydrogen-bond donors (Lipinski definition) is 2. The highest BCUT2D eigenvalue weighted by Gasteiger charge is 2.11. The number of rotatable bonds is 4. The van der Waals surface area contributed by atoms with Gasteiger partial charge in [0.05, 0.1) is 7.11 Å². The molecule has 0 bridgehead atoms. The van der Waals surface area contributed by atoms with Crippen molar-refractivity contribution in [2.24, 2.45) is 0 Å². The largest absolute Gasteiger partial charge is 0.496 e. The summed E-state index contributed by atoms with van der Waals surface area (Å²) in [6, 6.07) is 10.3. The minimum atomic E-state index is -1.02. The van der Waals surface area contributed by atoms with E-state index in [2.05, 4.69) is 10.3 Å². The average molecular weight is 244 g/mol. The number of hydrogen-bond acceptors (Lipinski definition) is 4. The van der Waals surface area contributed by atoms with E-state index >= 15 is 0 Å². The SMILES string of the molecule is COc1cc(Nc2ccccn2)ccc1C(=O)O. The first-order valence-corrected chi connectivity index (χ1v) is 5.30. The third kappa shape index (κ3) is 2.57. The molecule has 2 rings (SSSR count). The topological polar surface area (TPSA) is 71.5 Å². The summed E-state index contributed by atoms with van der Waals surface area (Å²) in [6.45, 7) is 0. The number of ether oxygens (including phenoxy) is 1. The molecule has 0 saturated heterocycles. The van der Waals surface area contributed by atoms with Crippen molar-refractivity contribution in [2.45, 2.75) is 0 Å². The van der Waals surface area contributed by atoms with Crippen LogP contribution >= 0.6 is 0 Å². The molecule has 0 fully saturated rings. The molecule has 1 aromatic heterocycles. The fourth-order valence-electron chi connectivity index (χ4n) is 1.53. The molecule has 1 aromatic carbocycles. The predicted molar refractivity (Wildman–Crippen MR) is 67.5 cm³/mol. The van der Waals surface area contributed by atoms with Crippen LogP contribution in [0.4, 0.5) is 11.5 Å². The molecule has 0 spiro atoms. The lowest BCUT2D eigenvalue weighted by molar-refractivity contribution is 0.0693. The molecule has 0 atom stereocenters. The second kappa shape index (κ2) is 5.18. The Morgan fingerprint density at radius 1 is 1.33 bits per heavy atom. The van der Waals surface area contributed by atoms with Crippen LogP contribution in [0.15, 0.2) is 42.6 Å². The van der Waals surface area contributed by atoms with E-state index in [-0.39, 0.29) is 5.56 Å². The summed E-state index contributed by atoms with van der Waals surface area (Å²) in [4.78, 5) is 15.1. The number of aromatic carboxylic acids is 1. The van der Waals surface area contributed by atoms with Crippen LogP contribution in [0.5, 0.6) is 5.75 Å². The molecule has 5 nitrogen and oxygen atoms in total. The minimum Gasteiger partial charge on any atom is -0.496 e. The summed E-state index contributed by atoms with van der Waals surface area (Å²) >= 11 is 0. The summed E-state index contributed by atoms with van der Waals surface area (Å²) in [5.41, 5.74) is 0.847. The molecule has 5 heteroatoms. The molecule has 1 heterocycles. The van der Waals surface area contributed by atoms with Gasteiger partial charge < -0.3 is 15.2 Å². The van der Waals surface area contributed by atoms with Gasteiger partial charge in [0.1, 0.15) is 17.1 Å². The molecule has 18 heavy (non-hydrogen) atoms. The zero-order chi connectivity index (χ0) is 13.0. The van der Waals surface area contributed by atoms with Gasteiger partial charge in [-0.3, -0.25) is 0 Å². The van der Waals surface area contributed by atoms with Crippen LogP contribution in [-0.2, 0) is 0 Å². The Morgan fingerprint density at radius 3 is 2.78 bits per heavy atom. The third-order valence-corrected chi connectivity index (χ3v) is 2.37. The molecule has 0 aliphatic carbocycles. The van der Waals surface area contributed by atoms with Crippen LogP contribution in [0, 0.1) is 0 Å². The number of methoxy groups -OCH3 is 1. The summed E-state index contributed by atoms with van der Waals surface area (Å²) in [7, 11) is 1.44. The van der Waals surface area contributed by atoms with Crippen LogP contribution in [-0.4, -0.2) is 23.2 Å². The zero-order valence-electron chi connectivity index (χ0n) is 9.75. The lowest BCUT2D eigenvalue weighted by Gasteiger charge is -2.09. The van der Waals surface area contributed by atoms with Crippen molar-refractivity contribution in [1.29, 1.82) is 0 Å². The van der Waals surface area contributed by atoms with E-state index in [4.69, 9.17) is 9.84 Å². The van der Waals surface area contributed by atoms with Crippen molar-refractivity contribution in [3.8, 4) is 5.75 Å². The summed E-state index contributed by atoms with van der Waals surface area (Å²) in [6.07, 6.45) is 1.67. The van der Waals surface area contributed by atoms with E-state index in [9.17, 15) is 4.79 Å². The average Bonchev–Trinajstić information content (AvgIpc) is 2.39. The smallest absolute Gasteiger partial charge is 0.339 e. The second-order valence-electron chi connectivity index (χ2n) is 3.56. The van der Waals surface area contributed by atoms with Crippen molar-refractivity contribution < 1.29 is 14.6 Å². The lowest BCUT2D eigenvalue weighted by Crippen LogP contribution is -2.01. The highest BCUT2D eigenvalue weighted by Crippen LogP contribution is 2.24. The van der Waals surface area contributed by atoms with E-state index in [1.807, 2.05) is 18.2 Å². The molecule has 0 unspecified atom stereocenters. The number of carboxylic acids is 1. The van der Waals surface area contributed by atoms with Crippen LogP contribution in [0.25, 0.3) is 0 Å². The highest BCUT2D eigenvalue weighted by molar-refractivity contribution is 5.91. The number of carbonyl (C=O) groups is 1. The van der Waals surface area contributed by atoms with Crippen molar-refractivity contribution in [2.75, 3.05) is 12.4 Å². The summed E-state index contributed by atoms with van der Waals surface area (Å²) in [5, 5.41) is 12.0. The molecule has 0 aliphatic heterocycles. The Kier molecular flexibility index (Phi) is 3.43.